The van der Waals surface area contributed by atoms with Gasteiger partial charge in [0, 0.05) is 31.0 Å². The number of benzene rings is 2. The Kier molecular flexibility index (Phi) is 3.88. The third kappa shape index (κ3) is 2.78. The summed E-state index contributed by atoms with van der Waals surface area (Å²) in [6.45, 7) is 2.72. The second-order valence-corrected chi connectivity index (χ2v) is 7.64. The van der Waals surface area contributed by atoms with Gasteiger partial charge in [-0.05, 0) is 42.5 Å². The Morgan fingerprint density at radius 2 is 1.85 bits per heavy atom. The Hall–Kier alpha value is -2.82. The number of nitrogens with zero attached hydrogens (tertiary/aromatic N) is 3. The van der Waals surface area contributed by atoms with E-state index in [1.165, 1.54) is 16.8 Å². The van der Waals surface area contributed by atoms with Crippen LogP contribution < -0.4 is 9.80 Å². The van der Waals surface area contributed by atoms with Crippen LogP contribution in [0.4, 0.5) is 11.4 Å². The van der Waals surface area contributed by atoms with E-state index in [0.717, 1.165) is 44.6 Å². The maximum absolute atomic E-state index is 12.9. The number of hydrogen-bond acceptors (Lipinski definition) is 3. The van der Waals surface area contributed by atoms with E-state index in [-0.39, 0.29) is 24.4 Å². The van der Waals surface area contributed by atoms with Gasteiger partial charge in [-0.25, -0.2) is 0 Å². The first-order valence-corrected chi connectivity index (χ1v) is 9.73. The van der Waals surface area contributed by atoms with Crippen molar-refractivity contribution in [3.8, 4) is 0 Å². The molecule has 5 nitrogen and oxygen atoms in total. The molecule has 1 atom stereocenters. The van der Waals surface area contributed by atoms with Gasteiger partial charge >= 0.3 is 0 Å². The molecule has 0 aliphatic carbocycles. The highest BCUT2D eigenvalue weighted by molar-refractivity contribution is 6.07. The summed E-state index contributed by atoms with van der Waals surface area (Å²) in [6.07, 6.45) is 2.73. The second-order valence-electron chi connectivity index (χ2n) is 7.64. The zero-order valence-corrected chi connectivity index (χ0v) is 15.3. The lowest BCUT2D eigenvalue weighted by atomic mass is 10.1. The van der Waals surface area contributed by atoms with Crippen molar-refractivity contribution >= 4 is 23.2 Å². The van der Waals surface area contributed by atoms with Gasteiger partial charge in [0.1, 0.15) is 12.6 Å². The van der Waals surface area contributed by atoms with E-state index in [4.69, 9.17) is 0 Å². The molecular formula is C22H23N3O2. The Morgan fingerprint density at radius 3 is 2.70 bits per heavy atom. The first kappa shape index (κ1) is 16.4. The summed E-state index contributed by atoms with van der Waals surface area (Å²) >= 11 is 0. The molecule has 5 heteroatoms. The van der Waals surface area contributed by atoms with E-state index in [1.54, 1.807) is 9.80 Å². The summed E-state index contributed by atoms with van der Waals surface area (Å²) in [5.74, 6) is 0.137. The van der Waals surface area contributed by atoms with Gasteiger partial charge in [-0.2, -0.15) is 0 Å². The summed E-state index contributed by atoms with van der Waals surface area (Å²) in [4.78, 5) is 31.2. The van der Waals surface area contributed by atoms with Crippen LogP contribution in [0, 0.1) is 0 Å². The van der Waals surface area contributed by atoms with Gasteiger partial charge in [-0.1, -0.05) is 36.4 Å². The molecule has 2 aromatic carbocycles. The van der Waals surface area contributed by atoms with E-state index in [2.05, 4.69) is 41.3 Å². The SMILES string of the molecule is O=C1[C@@H]2CCCN2C(=O)CN1c1ccc2c(c1)N(Cc1ccccc1)CC2. The van der Waals surface area contributed by atoms with Gasteiger partial charge in [0.2, 0.25) is 11.8 Å². The maximum Gasteiger partial charge on any atom is 0.250 e. The molecule has 0 saturated carbocycles. The van der Waals surface area contributed by atoms with Crippen molar-refractivity contribution in [2.24, 2.45) is 0 Å². The second kappa shape index (κ2) is 6.41. The third-order valence-electron chi connectivity index (χ3n) is 6.01. The molecule has 0 radical (unpaired) electrons. The van der Waals surface area contributed by atoms with Gasteiger partial charge in [-0.15, -0.1) is 0 Å². The Labute approximate surface area is 159 Å². The zero-order valence-electron chi connectivity index (χ0n) is 15.3. The molecule has 2 fully saturated rings. The van der Waals surface area contributed by atoms with Crippen molar-refractivity contribution in [3.05, 3.63) is 59.7 Å². The highest BCUT2D eigenvalue weighted by Crippen LogP contribution is 2.35. The number of rotatable bonds is 3. The van der Waals surface area contributed by atoms with Gasteiger partial charge in [-0.3, -0.25) is 9.59 Å². The molecule has 3 aliphatic heterocycles. The van der Waals surface area contributed by atoms with Gasteiger partial charge in [0.15, 0.2) is 0 Å². The molecule has 5 rings (SSSR count). The molecule has 138 valence electrons. The van der Waals surface area contributed by atoms with Crippen LogP contribution in [0.25, 0.3) is 0 Å². The average Bonchev–Trinajstić information content (AvgIpc) is 3.33. The minimum Gasteiger partial charge on any atom is -0.367 e. The van der Waals surface area contributed by atoms with Crippen molar-refractivity contribution < 1.29 is 9.59 Å². The molecular weight excluding hydrogens is 338 g/mol. The molecule has 2 amide bonds. The number of amides is 2. The fourth-order valence-corrected chi connectivity index (χ4v) is 4.59. The first-order chi connectivity index (χ1) is 13.2. The summed E-state index contributed by atoms with van der Waals surface area (Å²) < 4.78 is 0. The average molecular weight is 361 g/mol. The normalized spacial score (nSPS) is 21.6. The fourth-order valence-electron chi connectivity index (χ4n) is 4.59. The number of anilines is 2. The molecule has 27 heavy (non-hydrogen) atoms. The van der Waals surface area contributed by atoms with Crippen molar-refractivity contribution in [1.29, 1.82) is 0 Å². The predicted octanol–water partition coefficient (Wildman–Crippen LogP) is 2.59. The molecule has 3 aliphatic rings. The number of piperazine rings is 1. The number of hydrogen-bond donors (Lipinski definition) is 0. The minimum absolute atomic E-state index is 0.0683. The summed E-state index contributed by atoms with van der Waals surface area (Å²) in [5, 5.41) is 0. The van der Waals surface area contributed by atoms with Crippen molar-refractivity contribution in [2.75, 3.05) is 29.4 Å². The molecule has 2 aromatic rings. The number of carbonyl (C=O) groups is 2. The topological polar surface area (TPSA) is 43.9 Å². The van der Waals surface area contributed by atoms with E-state index in [1.807, 2.05) is 12.1 Å². The van der Waals surface area contributed by atoms with Crippen LogP contribution >= 0.6 is 0 Å². The first-order valence-electron chi connectivity index (χ1n) is 9.73. The molecule has 0 unspecified atom stereocenters. The lowest BCUT2D eigenvalue weighted by molar-refractivity contribution is -0.140. The van der Waals surface area contributed by atoms with Gasteiger partial charge in [0.05, 0.1) is 0 Å². The summed E-state index contributed by atoms with van der Waals surface area (Å²) in [7, 11) is 0. The monoisotopic (exact) mass is 361 g/mol. The molecule has 0 spiro atoms. The quantitative estimate of drug-likeness (QED) is 0.844. The van der Waals surface area contributed by atoms with E-state index in [9.17, 15) is 9.59 Å². The fraction of sp³-hybridized carbons (Fsp3) is 0.364. The number of fused-ring (bicyclic) bond motifs is 2. The van der Waals surface area contributed by atoms with E-state index in [0.29, 0.717) is 0 Å². The highest BCUT2D eigenvalue weighted by Gasteiger charge is 2.42. The maximum atomic E-state index is 12.9. The smallest absolute Gasteiger partial charge is 0.250 e. The van der Waals surface area contributed by atoms with Crippen molar-refractivity contribution in [2.45, 2.75) is 31.8 Å². The number of carbonyl (C=O) groups excluding carboxylic acids is 2. The molecule has 0 bridgehead atoms. The lowest BCUT2D eigenvalue weighted by Gasteiger charge is -2.36. The summed E-state index contributed by atoms with van der Waals surface area (Å²) in [6, 6.07) is 16.4. The Balaban J connectivity index is 1.43. The van der Waals surface area contributed by atoms with Gasteiger partial charge in [0.25, 0.3) is 0 Å². The van der Waals surface area contributed by atoms with Crippen LogP contribution in [0.2, 0.25) is 0 Å². The van der Waals surface area contributed by atoms with Crippen LogP contribution in [0.15, 0.2) is 48.5 Å². The molecule has 0 N–H and O–H groups in total. The standard InChI is InChI=1S/C22H23N3O2/c26-21-15-25(22(27)19-7-4-11-24(19)21)18-9-8-17-10-12-23(20(17)13-18)14-16-5-2-1-3-6-16/h1-3,5-6,8-9,13,19H,4,7,10-12,14-15H2/t19-/m0/s1. The molecule has 0 aromatic heterocycles. The van der Waals surface area contributed by atoms with Crippen LogP contribution in [0.3, 0.4) is 0 Å². The van der Waals surface area contributed by atoms with Crippen LogP contribution in [0.1, 0.15) is 24.0 Å². The molecule has 3 heterocycles. The third-order valence-corrected chi connectivity index (χ3v) is 6.01. The Bertz CT molecular complexity index is 896. The minimum atomic E-state index is -0.264. The lowest BCUT2D eigenvalue weighted by Crippen LogP contribution is -2.57. The van der Waals surface area contributed by atoms with Gasteiger partial charge < -0.3 is 14.7 Å². The largest absolute Gasteiger partial charge is 0.367 e. The Morgan fingerprint density at radius 1 is 1.00 bits per heavy atom. The van der Waals surface area contributed by atoms with Crippen LogP contribution in [0.5, 0.6) is 0 Å². The molecule has 2 saturated heterocycles. The van der Waals surface area contributed by atoms with Crippen molar-refractivity contribution in [3.63, 3.8) is 0 Å². The van der Waals surface area contributed by atoms with Crippen LogP contribution in [-0.4, -0.2) is 42.4 Å². The highest BCUT2D eigenvalue weighted by atomic mass is 16.2. The summed E-state index contributed by atoms with van der Waals surface area (Å²) in [5.41, 5.74) is 4.62. The van der Waals surface area contributed by atoms with E-state index >= 15 is 0 Å². The predicted molar refractivity (Wildman–Crippen MR) is 105 cm³/mol. The van der Waals surface area contributed by atoms with Crippen molar-refractivity contribution in [1.82, 2.24) is 4.90 Å². The zero-order chi connectivity index (χ0) is 18.4. The van der Waals surface area contributed by atoms with Crippen LogP contribution in [-0.2, 0) is 22.6 Å². The van der Waals surface area contributed by atoms with E-state index < -0.39 is 0 Å².